The molecule has 0 spiro atoms. The highest BCUT2D eigenvalue weighted by molar-refractivity contribution is 8.00. The monoisotopic (exact) mass is 503 g/mol. The minimum atomic E-state index is -0.0710. The highest BCUT2D eigenvalue weighted by Crippen LogP contribution is 2.38. The van der Waals surface area contributed by atoms with E-state index in [1.807, 2.05) is 30.5 Å². The van der Waals surface area contributed by atoms with Crippen LogP contribution in [0.15, 0.2) is 41.4 Å². The second-order valence-corrected chi connectivity index (χ2v) is 10.9. The van der Waals surface area contributed by atoms with Crippen LogP contribution in [-0.2, 0) is 11.2 Å². The maximum absolute atomic E-state index is 12.9. The van der Waals surface area contributed by atoms with Gasteiger partial charge in [-0.15, -0.1) is 11.8 Å². The average Bonchev–Trinajstić information content (AvgIpc) is 2.92. The van der Waals surface area contributed by atoms with E-state index < -0.39 is 0 Å². The van der Waals surface area contributed by atoms with Crippen LogP contribution in [0.2, 0.25) is 0 Å². The van der Waals surface area contributed by atoms with Crippen molar-refractivity contribution < 1.29 is 14.3 Å². The molecule has 6 rings (SSSR count). The van der Waals surface area contributed by atoms with Crippen LogP contribution in [0.1, 0.15) is 41.6 Å². The van der Waals surface area contributed by atoms with E-state index in [-0.39, 0.29) is 17.9 Å². The number of benzene rings is 1. The van der Waals surface area contributed by atoms with E-state index in [9.17, 15) is 9.59 Å². The third kappa shape index (κ3) is 4.48. The summed E-state index contributed by atoms with van der Waals surface area (Å²) in [5.41, 5.74) is 5.43. The van der Waals surface area contributed by atoms with Gasteiger partial charge in [-0.3, -0.25) is 14.6 Å². The normalized spacial score (nSPS) is 23.1. The third-order valence-corrected chi connectivity index (χ3v) is 8.74. The van der Waals surface area contributed by atoms with Gasteiger partial charge in [0.15, 0.2) is 0 Å². The van der Waals surface area contributed by atoms with Crippen molar-refractivity contribution in [1.82, 2.24) is 15.3 Å². The summed E-state index contributed by atoms with van der Waals surface area (Å²) >= 11 is 1.50. The number of hydrogen-bond acceptors (Lipinski definition) is 7. The van der Waals surface area contributed by atoms with Crippen LogP contribution in [0, 0.1) is 11.8 Å². The Balaban J connectivity index is 1.09. The van der Waals surface area contributed by atoms with Gasteiger partial charge in [0.1, 0.15) is 0 Å². The summed E-state index contributed by atoms with van der Waals surface area (Å²) in [6.07, 6.45) is 7.01. The second-order valence-electron chi connectivity index (χ2n) is 9.85. The Morgan fingerprint density at radius 3 is 2.81 bits per heavy atom. The minimum absolute atomic E-state index is 0.0256. The van der Waals surface area contributed by atoms with Crippen molar-refractivity contribution in [2.75, 3.05) is 30.0 Å². The molecule has 3 N–H and O–H groups in total. The number of fused-ring (bicyclic) bond motifs is 4. The summed E-state index contributed by atoms with van der Waals surface area (Å²) in [5.74, 6) is 2.05. The first-order chi connectivity index (χ1) is 17.6. The SMILES string of the molecule is COc1ccc2ncc3c(c2n1)CC([C@H]1CC[C@H](NC(=O)c2ccc4c(c2)NC(=O)CS4)CC1)CN3. The zero-order valence-corrected chi connectivity index (χ0v) is 21.0. The van der Waals surface area contributed by atoms with Crippen LogP contribution in [0.3, 0.4) is 0 Å². The predicted molar refractivity (Wildman–Crippen MR) is 141 cm³/mol. The summed E-state index contributed by atoms with van der Waals surface area (Å²) in [6.45, 7) is 0.935. The average molecular weight is 504 g/mol. The Hall–Kier alpha value is -3.33. The largest absolute Gasteiger partial charge is 0.481 e. The summed E-state index contributed by atoms with van der Waals surface area (Å²) in [7, 11) is 1.64. The number of anilines is 2. The summed E-state index contributed by atoms with van der Waals surface area (Å²) in [4.78, 5) is 34.9. The molecule has 9 heteroatoms. The number of nitrogens with one attached hydrogen (secondary N) is 3. The molecule has 0 radical (unpaired) electrons. The molecule has 0 saturated heterocycles. The number of hydrogen-bond donors (Lipinski definition) is 3. The van der Waals surface area contributed by atoms with Gasteiger partial charge in [-0.05, 0) is 68.2 Å². The van der Waals surface area contributed by atoms with Crippen molar-refractivity contribution in [2.24, 2.45) is 11.8 Å². The Morgan fingerprint density at radius 2 is 1.97 bits per heavy atom. The lowest BCUT2D eigenvalue weighted by Gasteiger charge is -2.37. The Labute approximate surface area is 214 Å². The van der Waals surface area contributed by atoms with Crippen LogP contribution in [-0.4, -0.2) is 47.2 Å². The minimum Gasteiger partial charge on any atom is -0.481 e. The lowest BCUT2D eigenvalue weighted by molar-refractivity contribution is -0.113. The number of methoxy groups -OCH3 is 1. The van der Waals surface area contributed by atoms with Crippen LogP contribution in [0.5, 0.6) is 5.88 Å². The molecule has 1 atom stereocenters. The van der Waals surface area contributed by atoms with Crippen molar-refractivity contribution in [1.29, 1.82) is 0 Å². The summed E-state index contributed by atoms with van der Waals surface area (Å²) < 4.78 is 5.35. The molecule has 4 heterocycles. The highest BCUT2D eigenvalue weighted by atomic mass is 32.2. The van der Waals surface area contributed by atoms with Gasteiger partial charge in [0, 0.05) is 34.7 Å². The maximum atomic E-state index is 12.9. The molecular formula is C27H29N5O3S. The summed E-state index contributed by atoms with van der Waals surface area (Å²) in [5, 5.41) is 9.68. The van der Waals surface area contributed by atoms with Crippen molar-refractivity contribution in [3.63, 3.8) is 0 Å². The summed E-state index contributed by atoms with van der Waals surface area (Å²) in [6, 6.07) is 9.54. The number of carbonyl (C=O) groups is 2. The molecule has 1 aliphatic carbocycles. The smallest absolute Gasteiger partial charge is 0.251 e. The van der Waals surface area contributed by atoms with Crippen LogP contribution in [0.25, 0.3) is 11.0 Å². The molecule has 3 aromatic rings. The molecule has 1 fully saturated rings. The number of nitrogens with zero attached hydrogens (tertiary/aromatic N) is 2. The molecule has 2 aromatic heterocycles. The van der Waals surface area contributed by atoms with Crippen molar-refractivity contribution in [3.05, 3.63) is 47.7 Å². The lowest BCUT2D eigenvalue weighted by Crippen LogP contribution is -2.40. The van der Waals surface area contributed by atoms with Gasteiger partial charge in [-0.1, -0.05) is 0 Å². The number of amides is 2. The molecule has 2 aliphatic heterocycles. The van der Waals surface area contributed by atoms with Gasteiger partial charge in [-0.2, -0.15) is 0 Å². The fourth-order valence-corrected chi connectivity index (χ4v) is 6.50. The molecule has 36 heavy (non-hydrogen) atoms. The zero-order chi connectivity index (χ0) is 24.6. The first kappa shape index (κ1) is 23.1. The molecule has 0 bridgehead atoms. The first-order valence-electron chi connectivity index (χ1n) is 12.5. The van der Waals surface area contributed by atoms with E-state index in [1.54, 1.807) is 13.2 Å². The number of ether oxygens (including phenoxy) is 1. The Kier molecular flexibility index (Phi) is 6.17. The van der Waals surface area contributed by atoms with Crippen LogP contribution >= 0.6 is 11.8 Å². The van der Waals surface area contributed by atoms with E-state index in [0.717, 1.165) is 66.0 Å². The predicted octanol–water partition coefficient (Wildman–Crippen LogP) is 4.26. The number of aromatic nitrogens is 2. The zero-order valence-electron chi connectivity index (χ0n) is 20.2. The molecule has 1 aromatic carbocycles. The molecule has 2 amide bonds. The number of thioether (sulfide) groups is 1. The van der Waals surface area contributed by atoms with Crippen LogP contribution in [0.4, 0.5) is 11.4 Å². The van der Waals surface area contributed by atoms with Gasteiger partial charge in [0.2, 0.25) is 11.8 Å². The van der Waals surface area contributed by atoms with Gasteiger partial charge in [-0.25, -0.2) is 4.98 Å². The number of carbonyl (C=O) groups excluding carboxylic acids is 2. The fourth-order valence-electron chi connectivity index (χ4n) is 5.71. The van der Waals surface area contributed by atoms with E-state index in [2.05, 4.69) is 20.9 Å². The Bertz CT molecular complexity index is 1330. The van der Waals surface area contributed by atoms with Gasteiger partial charge in [0.25, 0.3) is 5.91 Å². The van der Waals surface area contributed by atoms with Gasteiger partial charge in [0.05, 0.1) is 41.5 Å². The van der Waals surface area contributed by atoms with Crippen molar-refractivity contribution in [3.8, 4) is 5.88 Å². The van der Waals surface area contributed by atoms with E-state index in [4.69, 9.17) is 9.72 Å². The van der Waals surface area contributed by atoms with Crippen molar-refractivity contribution >= 4 is 46.0 Å². The van der Waals surface area contributed by atoms with E-state index >= 15 is 0 Å². The molecule has 186 valence electrons. The molecule has 3 aliphatic rings. The van der Waals surface area contributed by atoms with Gasteiger partial charge >= 0.3 is 0 Å². The third-order valence-electron chi connectivity index (χ3n) is 7.67. The number of rotatable bonds is 4. The molecule has 8 nitrogen and oxygen atoms in total. The quantitative estimate of drug-likeness (QED) is 0.489. The maximum Gasteiger partial charge on any atom is 0.251 e. The first-order valence-corrected chi connectivity index (χ1v) is 13.5. The van der Waals surface area contributed by atoms with E-state index in [1.165, 1.54) is 17.3 Å². The topological polar surface area (TPSA) is 105 Å². The highest BCUT2D eigenvalue weighted by Gasteiger charge is 2.32. The lowest BCUT2D eigenvalue weighted by atomic mass is 9.74. The number of pyridine rings is 2. The Morgan fingerprint density at radius 1 is 1.11 bits per heavy atom. The van der Waals surface area contributed by atoms with Crippen LogP contribution < -0.4 is 20.7 Å². The second kappa shape index (κ2) is 9.61. The van der Waals surface area contributed by atoms with E-state index in [0.29, 0.717) is 29.0 Å². The van der Waals surface area contributed by atoms with Gasteiger partial charge < -0.3 is 20.7 Å². The molecule has 1 unspecified atom stereocenters. The standard InChI is InChI=1S/C27H29N5O3S/c1-35-25-9-7-20-26(32-25)19-10-17(12-28-22(19)13-29-20)15-2-5-18(6-3-15)30-27(34)16-4-8-23-21(11-16)31-24(33)14-36-23/h4,7-9,11,13,15,17-18,28H,2-3,5-6,10,12,14H2,1H3,(H,30,34)(H,31,33)/t15-,17?,18-. The molecule has 1 saturated carbocycles. The van der Waals surface area contributed by atoms with Crippen molar-refractivity contribution in [2.45, 2.75) is 43.0 Å². The molecular weight excluding hydrogens is 474 g/mol. The fraction of sp³-hybridized carbons (Fsp3) is 0.407.